The van der Waals surface area contributed by atoms with Crippen molar-refractivity contribution in [3.05, 3.63) is 64.1 Å². The van der Waals surface area contributed by atoms with Crippen LogP contribution in [-0.4, -0.2) is 55.8 Å². The second kappa shape index (κ2) is 14.9. The number of pyridine rings is 1. The fourth-order valence-electron chi connectivity index (χ4n) is 3.88. The summed E-state index contributed by atoms with van der Waals surface area (Å²) in [6.45, 7) is 12.6. The lowest BCUT2D eigenvalue weighted by atomic mass is 9.98. The predicted molar refractivity (Wildman–Crippen MR) is 162 cm³/mol. The summed E-state index contributed by atoms with van der Waals surface area (Å²) in [5.74, 6) is -2.49. The second-order valence-corrected chi connectivity index (χ2v) is 16.9. The van der Waals surface area contributed by atoms with Crippen molar-refractivity contribution >= 4 is 32.0 Å². The number of hydrogen-bond acceptors (Lipinski definition) is 7. The lowest BCUT2D eigenvalue weighted by Crippen LogP contribution is -2.59. The van der Waals surface area contributed by atoms with Crippen LogP contribution in [0.15, 0.2) is 47.4 Å². The molecule has 0 radical (unpaired) electrons. The number of hydrogen-bond donors (Lipinski definition) is 2. The molecule has 244 valence electrons. The van der Waals surface area contributed by atoms with E-state index in [0.717, 1.165) is 10.8 Å². The smallest absolute Gasteiger partial charge is 0.415 e. The Kier molecular flexibility index (Phi) is 12.4. The van der Waals surface area contributed by atoms with E-state index in [2.05, 4.69) is 10.6 Å². The molecule has 0 saturated carbocycles. The molecule has 0 aliphatic rings. The number of halogens is 3. The average molecular weight is 642 g/mol. The van der Waals surface area contributed by atoms with Crippen molar-refractivity contribution in [3.63, 3.8) is 0 Å². The Labute approximate surface area is 256 Å². The van der Waals surface area contributed by atoms with Crippen LogP contribution in [0.3, 0.4) is 0 Å². The minimum atomic E-state index is -4.78. The molecule has 2 unspecified atom stereocenters. The zero-order chi connectivity index (χ0) is 33.5. The molecule has 0 aliphatic heterocycles. The third-order valence-electron chi connectivity index (χ3n) is 7.34. The summed E-state index contributed by atoms with van der Waals surface area (Å²) >= 11 is 0. The lowest BCUT2D eigenvalue weighted by Gasteiger charge is -2.42. The molecule has 1 aromatic carbocycles. The molecule has 2 atom stereocenters. The van der Waals surface area contributed by atoms with Gasteiger partial charge in [0.15, 0.2) is 14.4 Å². The molecule has 1 aromatic heterocycles. The fraction of sp³-hybridized carbons (Fsp3) is 0.533. The van der Waals surface area contributed by atoms with Crippen molar-refractivity contribution in [2.75, 3.05) is 11.9 Å². The maximum Gasteiger partial charge on any atom is 0.415 e. The molecule has 2 rings (SSSR count). The van der Waals surface area contributed by atoms with Crippen LogP contribution in [0.2, 0.25) is 18.1 Å². The number of ether oxygens (including phenoxy) is 2. The maximum atomic E-state index is 14.3. The normalized spacial score (nSPS) is 13.6. The van der Waals surface area contributed by atoms with Gasteiger partial charge in [0.2, 0.25) is 5.91 Å². The van der Waals surface area contributed by atoms with E-state index in [-0.39, 0.29) is 18.8 Å². The lowest BCUT2D eigenvalue weighted by molar-refractivity contribution is -0.210. The molecule has 2 N–H and O–H groups in total. The Hall–Kier alpha value is -3.65. The first-order valence-corrected chi connectivity index (χ1v) is 17.1. The van der Waals surface area contributed by atoms with E-state index in [4.69, 9.17) is 13.9 Å². The standard InChI is InChI=1S/C30H42F3N3O7Si/c1-9-41-27(39)21-15-16-36(26(38)24(21)35-28(40)42-18-20-13-11-10-12-14-20)17-22(37)34-23(19(2)3)25(30(31,32)33)43-44(7,8)29(4,5)6/h10-16,19,23,25H,9,17-18H2,1-8H3,(H,34,37)(H,35,40). The number of nitrogens with zero attached hydrogens (tertiary/aromatic N) is 1. The Bertz CT molecular complexity index is 1360. The molecule has 44 heavy (non-hydrogen) atoms. The molecule has 0 fully saturated rings. The Morgan fingerprint density at radius 2 is 1.61 bits per heavy atom. The number of aromatic nitrogens is 1. The SMILES string of the molecule is CCOC(=O)c1ccn(CC(=O)NC(C(C)C)C(O[Si](C)(C)C(C)(C)C)C(F)(F)F)c(=O)c1NC(=O)OCc1ccccc1. The van der Waals surface area contributed by atoms with Crippen LogP contribution in [-0.2, 0) is 31.8 Å². The van der Waals surface area contributed by atoms with E-state index in [1.165, 1.54) is 19.9 Å². The van der Waals surface area contributed by atoms with Crippen LogP contribution in [0.1, 0.15) is 57.5 Å². The van der Waals surface area contributed by atoms with Crippen LogP contribution in [0.4, 0.5) is 23.7 Å². The first-order valence-electron chi connectivity index (χ1n) is 14.2. The van der Waals surface area contributed by atoms with Gasteiger partial charge in [0.1, 0.15) is 18.8 Å². The number of esters is 1. The first kappa shape index (κ1) is 36.5. The van der Waals surface area contributed by atoms with Crippen molar-refractivity contribution < 1.29 is 41.5 Å². The summed E-state index contributed by atoms with van der Waals surface area (Å²) < 4.78 is 59.7. The van der Waals surface area contributed by atoms with E-state index in [1.54, 1.807) is 50.3 Å². The van der Waals surface area contributed by atoms with Gasteiger partial charge in [-0.1, -0.05) is 65.0 Å². The van der Waals surface area contributed by atoms with Crippen LogP contribution in [0.25, 0.3) is 0 Å². The highest BCUT2D eigenvalue weighted by Gasteiger charge is 2.52. The number of benzene rings is 1. The van der Waals surface area contributed by atoms with Crippen molar-refractivity contribution in [3.8, 4) is 0 Å². The van der Waals surface area contributed by atoms with E-state index >= 15 is 0 Å². The van der Waals surface area contributed by atoms with Crippen LogP contribution in [0, 0.1) is 5.92 Å². The molecule has 0 spiro atoms. The summed E-state index contributed by atoms with van der Waals surface area (Å²) in [7, 11) is -2.92. The molecule has 14 heteroatoms. The van der Waals surface area contributed by atoms with Crippen molar-refractivity contribution in [1.82, 2.24) is 9.88 Å². The Balaban J connectivity index is 2.35. The molecular formula is C30H42F3N3O7Si. The summed E-state index contributed by atoms with van der Waals surface area (Å²) in [5.41, 5.74) is -1.09. The monoisotopic (exact) mass is 641 g/mol. The van der Waals surface area contributed by atoms with Gasteiger partial charge in [0.05, 0.1) is 18.2 Å². The van der Waals surface area contributed by atoms with Gasteiger partial charge in [-0.2, -0.15) is 13.2 Å². The number of amides is 2. The molecule has 2 aromatic rings. The highest BCUT2D eigenvalue weighted by atomic mass is 28.4. The van der Waals surface area contributed by atoms with Gasteiger partial charge < -0.3 is 23.8 Å². The first-order chi connectivity index (χ1) is 20.3. The molecule has 0 saturated heterocycles. The van der Waals surface area contributed by atoms with Gasteiger partial charge in [0, 0.05) is 6.20 Å². The number of nitrogens with one attached hydrogen (secondary N) is 2. The van der Waals surface area contributed by atoms with Gasteiger partial charge in [-0.05, 0) is 42.6 Å². The van der Waals surface area contributed by atoms with E-state index in [1.807, 2.05) is 20.8 Å². The number of alkyl halides is 3. The van der Waals surface area contributed by atoms with Gasteiger partial charge in [0.25, 0.3) is 5.56 Å². The molecule has 2 amide bonds. The predicted octanol–water partition coefficient (Wildman–Crippen LogP) is 5.87. The largest absolute Gasteiger partial charge is 0.462 e. The zero-order valence-corrected chi connectivity index (χ0v) is 27.3. The minimum Gasteiger partial charge on any atom is -0.462 e. The number of anilines is 1. The Morgan fingerprint density at radius 1 is 1.00 bits per heavy atom. The quantitative estimate of drug-likeness (QED) is 0.220. The van der Waals surface area contributed by atoms with Crippen molar-refractivity contribution in [2.45, 2.75) is 91.1 Å². The van der Waals surface area contributed by atoms with Crippen LogP contribution in [0.5, 0.6) is 0 Å². The summed E-state index contributed by atoms with van der Waals surface area (Å²) in [4.78, 5) is 51.5. The molecular weight excluding hydrogens is 599 g/mol. The fourth-order valence-corrected chi connectivity index (χ4v) is 5.14. The highest BCUT2D eigenvalue weighted by Crippen LogP contribution is 2.41. The number of rotatable bonds is 12. The third-order valence-corrected chi connectivity index (χ3v) is 11.8. The third kappa shape index (κ3) is 9.94. The number of carbonyl (C=O) groups is 3. The Morgan fingerprint density at radius 3 is 2.14 bits per heavy atom. The van der Waals surface area contributed by atoms with Gasteiger partial charge in [-0.15, -0.1) is 0 Å². The van der Waals surface area contributed by atoms with Gasteiger partial charge in [-0.3, -0.25) is 14.9 Å². The topological polar surface area (TPSA) is 125 Å². The van der Waals surface area contributed by atoms with Crippen LogP contribution >= 0.6 is 0 Å². The molecule has 10 nitrogen and oxygen atoms in total. The number of carbonyl (C=O) groups excluding carboxylic acids is 3. The minimum absolute atomic E-state index is 0.0177. The van der Waals surface area contributed by atoms with Crippen LogP contribution < -0.4 is 16.2 Å². The summed E-state index contributed by atoms with van der Waals surface area (Å²) in [6, 6.07) is 8.42. The van der Waals surface area contributed by atoms with Crippen molar-refractivity contribution in [2.24, 2.45) is 5.92 Å². The summed E-state index contributed by atoms with van der Waals surface area (Å²) in [6.07, 6.45) is -7.00. The highest BCUT2D eigenvalue weighted by molar-refractivity contribution is 6.74. The van der Waals surface area contributed by atoms with Gasteiger partial charge >= 0.3 is 18.2 Å². The average Bonchev–Trinajstić information content (AvgIpc) is 2.91. The second-order valence-electron chi connectivity index (χ2n) is 12.1. The van der Waals surface area contributed by atoms with Gasteiger partial charge in [-0.25, -0.2) is 9.59 Å². The molecule has 1 heterocycles. The molecule has 0 bridgehead atoms. The zero-order valence-electron chi connectivity index (χ0n) is 26.3. The van der Waals surface area contributed by atoms with E-state index in [9.17, 15) is 32.3 Å². The van der Waals surface area contributed by atoms with E-state index < -0.39 is 73.4 Å². The maximum absolute atomic E-state index is 14.3. The van der Waals surface area contributed by atoms with Crippen molar-refractivity contribution in [1.29, 1.82) is 0 Å². The molecule has 0 aliphatic carbocycles. The summed E-state index contributed by atoms with van der Waals surface area (Å²) in [5, 5.41) is 4.13. The van der Waals surface area contributed by atoms with E-state index in [0.29, 0.717) is 5.56 Å².